The summed E-state index contributed by atoms with van der Waals surface area (Å²) in [5.41, 5.74) is 1.75. The fourth-order valence-corrected chi connectivity index (χ4v) is 2.49. The molecule has 1 N–H and O–H groups in total. The highest BCUT2D eigenvalue weighted by molar-refractivity contribution is 5.94. The van der Waals surface area contributed by atoms with E-state index in [1.807, 2.05) is 39.9 Å². The molecule has 0 spiro atoms. The van der Waals surface area contributed by atoms with Gasteiger partial charge in [0.2, 0.25) is 0 Å². The van der Waals surface area contributed by atoms with Gasteiger partial charge in [-0.3, -0.25) is 4.79 Å². The van der Waals surface area contributed by atoms with Crippen LogP contribution in [0.1, 0.15) is 17.3 Å². The van der Waals surface area contributed by atoms with Gasteiger partial charge in [0.15, 0.2) is 0 Å². The summed E-state index contributed by atoms with van der Waals surface area (Å²) in [6, 6.07) is 8.01. The number of amides is 1. The lowest BCUT2D eigenvalue weighted by atomic mass is 10.1. The Morgan fingerprint density at radius 2 is 2.15 bits per heavy atom. The van der Waals surface area contributed by atoms with E-state index in [-0.39, 0.29) is 5.91 Å². The highest BCUT2D eigenvalue weighted by atomic mass is 16.2. The van der Waals surface area contributed by atoms with E-state index < -0.39 is 0 Å². The predicted molar refractivity (Wildman–Crippen MR) is 76.9 cm³/mol. The van der Waals surface area contributed by atoms with Gasteiger partial charge >= 0.3 is 0 Å². The van der Waals surface area contributed by atoms with Crippen LogP contribution >= 0.6 is 0 Å². The molecule has 1 atom stereocenters. The number of hydrogen-bond acceptors (Lipinski definition) is 3. The number of hydrogen-bond donors (Lipinski definition) is 1. The van der Waals surface area contributed by atoms with E-state index in [1.54, 1.807) is 12.5 Å². The Morgan fingerprint density at radius 1 is 1.35 bits per heavy atom. The largest absolute Gasteiger partial charge is 0.336 e. The summed E-state index contributed by atoms with van der Waals surface area (Å²) in [5, 5.41) is 3.34. The van der Waals surface area contributed by atoms with Crippen LogP contribution in [0, 0.1) is 0 Å². The number of piperazine rings is 1. The van der Waals surface area contributed by atoms with Gasteiger partial charge in [0.25, 0.3) is 5.91 Å². The molecule has 3 rings (SSSR count). The molecule has 1 fully saturated rings. The average molecular weight is 270 g/mol. The molecule has 5 heteroatoms. The molecule has 104 valence electrons. The normalized spacial score (nSPS) is 19.1. The Morgan fingerprint density at radius 3 is 2.80 bits per heavy atom. The van der Waals surface area contributed by atoms with E-state index in [0.717, 1.165) is 30.9 Å². The van der Waals surface area contributed by atoms with Crippen LogP contribution in [0.5, 0.6) is 0 Å². The van der Waals surface area contributed by atoms with Crippen molar-refractivity contribution < 1.29 is 4.79 Å². The number of nitrogens with one attached hydrogen (secondary N) is 1. The zero-order valence-corrected chi connectivity index (χ0v) is 11.5. The Balaban J connectivity index is 1.75. The maximum Gasteiger partial charge on any atom is 0.253 e. The van der Waals surface area contributed by atoms with E-state index >= 15 is 0 Å². The number of benzene rings is 1. The lowest BCUT2D eigenvalue weighted by Crippen LogP contribution is -2.51. The predicted octanol–water partition coefficient (Wildman–Crippen LogP) is 1.31. The van der Waals surface area contributed by atoms with Gasteiger partial charge in [-0.2, -0.15) is 0 Å². The van der Waals surface area contributed by atoms with Gasteiger partial charge in [0.05, 0.1) is 6.33 Å². The number of carbonyl (C=O) groups is 1. The van der Waals surface area contributed by atoms with Crippen LogP contribution in [0.3, 0.4) is 0 Å². The van der Waals surface area contributed by atoms with Gasteiger partial charge in [-0.1, -0.05) is 0 Å². The molecule has 5 nitrogen and oxygen atoms in total. The van der Waals surface area contributed by atoms with Crippen molar-refractivity contribution in [3.8, 4) is 5.69 Å². The number of carbonyl (C=O) groups excluding carboxylic acids is 1. The third-order valence-corrected chi connectivity index (χ3v) is 3.57. The van der Waals surface area contributed by atoms with Crippen LogP contribution in [0.25, 0.3) is 5.69 Å². The third kappa shape index (κ3) is 2.58. The van der Waals surface area contributed by atoms with Crippen LogP contribution in [0.15, 0.2) is 43.0 Å². The van der Waals surface area contributed by atoms with Crippen LogP contribution < -0.4 is 5.32 Å². The first-order valence-electron chi connectivity index (χ1n) is 6.85. The highest BCUT2D eigenvalue weighted by Gasteiger charge is 2.21. The molecule has 20 heavy (non-hydrogen) atoms. The second-order valence-corrected chi connectivity index (χ2v) is 5.12. The van der Waals surface area contributed by atoms with Gasteiger partial charge < -0.3 is 14.8 Å². The number of imidazole rings is 1. The van der Waals surface area contributed by atoms with Gasteiger partial charge in [0, 0.05) is 49.3 Å². The Hall–Kier alpha value is -2.14. The number of rotatable bonds is 2. The van der Waals surface area contributed by atoms with Crippen LogP contribution in [-0.2, 0) is 0 Å². The smallest absolute Gasteiger partial charge is 0.253 e. The Kier molecular flexibility index (Phi) is 3.52. The fourth-order valence-electron chi connectivity index (χ4n) is 2.49. The lowest BCUT2D eigenvalue weighted by molar-refractivity contribution is 0.0709. The summed E-state index contributed by atoms with van der Waals surface area (Å²) in [4.78, 5) is 18.4. The standard InChI is InChI=1S/C15H18N4O/c1-12-10-18(9-7-17-12)15(20)13-2-4-14(5-3-13)19-8-6-16-11-19/h2-6,8,11-12,17H,7,9-10H2,1H3. The van der Waals surface area contributed by atoms with E-state index in [1.165, 1.54) is 0 Å². The molecule has 1 aliphatic rings. The van der Waals surface area contributed by atoms with Gasteiger partial charge in [0.1, 0.15) is 0 Å². The summed E-state index contributed by atoms with van der Waals surface area (Å²) in [6.45, 7) is 4.50. The molecule has 0 radical (unpaired) electrons. The second kappa shape index (κ2) is 5.46. The van der Waals surface area contributed by atoms with E-state index in [2.05, 4.69) is 17.2 Å². The average Bonchev–Trinajstić information content (AvgIpc) is 3.01. The fraction of sp³-hybridized carbons (Fsp3) is 0.333. The first kappa shape index (κ1) is 12.9. The molecule has 0 saturated carbocycles. The molecule has 1 saturated heterocycles. The zero-order valence-electron chi connectivity index (χ0n) is 11.5. The third-order valence-electron chi connectivity index (χ3n) is 3.57. The molecule has 1 amide bonds. The molecular formula is C15H18N4O. The van der Waals surface area contributed by atoms with E-state index in [9.17, 15) is 4.79 Å². The molecular weight excluding hydrogens is 252 g/mol. The topological polar surface area (TPSA) is 50.2 Å². The number of nitrogens with zero attached hydrogens (tertiary/aromatic N) is 3. The highest BCUT2D eigenvalue weighted by Crippen LogP contribution is 2.12. The summed E-state index contributed by atoms with van der Waals surface area (Å²) in [7, 11) is 0. The molecule has 1 aromatic carbocycles. The van der Waals surface area contributed by atoms with E-state index in [0.29, 0.717) is 6.04 Å². The maximum atomic E-state index is 12.4. The van der Waals surface area contributed by atoms with Crippen molar-refractivity contribution in [2.75, 3.05) is 19.6 Å². The van der Waals surface area contributed by atoms with Crippen molar-refractivity contribution in [2.45, 2.75) is 13.0 Å². The summed E-state index contributed by atoms with van der Waals surface area (Å²) < 4.78 is 1.92. The monoisotopic (exact) mass is 270 g/mol. The van der Waals surface area contributed by atoms with Gasteiger partial charge in [-0.25, -0.2) is 4.98 Å². The Labute approximate surface area is 118 Å². The van der Waals surface area contributed by atoms with Crippen molar-refractivity contribution in [2.24, 2.45) is 0 Å². The molecule has 0 bridgehead atoms. The molecule has 1 aliphatic heterocycles. The molecule has 2 heterocycles. The van der Waals surface area contributed by atoms with Crippen molar-refractivity contribution in [3.63, 3.8) is 0 Å². The van der Waals surface area contributed by atoms with Crippen molar-refractivity contribution in [1.82, 2.24) is 19.8 Å². The summed E-state index contributed by atoms with van der Waals surface area (Å²) >= 11 is 0. The van der Waals surface area contributed by atoms with Crippen molar-refractivity contribution in [1.29, 1.82) is 0 Å². The SMILES string of the molecule is CC1CN(C(=O)c2ccc(-n3ccnc3)cc2)CCN1. The summed E-state index contributed by atoms with van der Waals surface area (Å²) in [5.74, 6) is 0.107. The van der Waals surface area contributed by atoms with E-state index in [4.69, 9.17) is 0 Å². The lowest BCUT2D eigenvalue weighted by Gasteiger charge is -2.32. The second-order valence-electron chi connectivity index (χ2n) is 5.12. The minimum Gasteiger partial charge on any atom is -0.336 e. The van der Waals surface area contributed by atoms with Crippen molar-refractivity contribution in [3.05, 3.63) is 48.5 Å². The quantitative estimate of drug-likeness (QED) is 0.895. The van der Waals surface area contributed by atoms with Crippen LogP contribution in [0.4, 0.5) is 0 Å². The number of aromatic nitrogens is 2. The minimum absolute atomic E-state index is 0.107. The molecule has 2 aromatic rings. The van der Waals surface area contributed by atoms with Crippen LogP contribution in [-0.4, -0.2) is 46.0 Å². The molecule has 0 aliphatic carbocycles. The van der Waals surface area contributed by atoms with Gasteiger partial charge in [-0.15, -0.1) is 0 Å². The first-order chi connectivity index (χ1) is 9.74. The zero-order chi connectivity index (χ0) is 13.9. The Bertz CT molecular complexity index is 576. The van der Waals surface area contributed by atoms with Crippen molar-refractivity contribution >= 4 is 5.91 Å². The van der Waals surface area contributed by atoms with Crippen LogP contribution in [0.2, 0.25) is 0 Å². The molecule has 1 unspecified atom stereocenters. The maximum absolute atomic E-state index is 12.4. The minimum atomic E-state index is 0.107. The van der Waals surface area contributed by atoms with Gasteiger partial charge in [-0.05, 0) is 31.2 Å². The molecule has 1 aromatic heterocycles. The summed E-state index contributed by atoms with van der Waals surface area (Å²) in [6.07, 6.45) is 5.37. The first-order valence-corrected chi connectivity index (χ1v) is 6.85.